The fourth-order valence-corrected chi connectivity index (χ4v) is 2.13. The Kier molecular flexibility index (Phi) is 4.14. The van der Waals surface area contributed by atoms with Gasteiger partial charge in [-0.3, -0.25) is 4.79 Å². The van der Waals surface area contributed by atoms with Crippen LogP contribution in [0, 0.1) is 0 Å². The zero-order valence-corrected chi connectivity index (χ0v) is 12.3. The maximum Gasteiger partial charge on any atom is 0.240 e. The molecule has 0 atom stereocenters. The summed E-state index contributed by atoms with van der Waals surface area (Å²) in [7, 11) is 0. The molecule has 0 fully saturated rings. The molecule has 0 spiro atoms. The fraction of sp³-hybridized carbons (Fsp3) is 0.438. The lowest BCUT2D eigenvalue weighted by molar-refractivity contribution is -0.123. The molecule has 0 aliphatic heterocycles. The second kappa shape index (κ2) is 5.67. The first-order valence-corrected chi connectivity index (χ1v) is 6.95. The largest absolute Gasteiger partial charge is 0.392 e. The van der Waals surface area contributed by atoms with Crippen molar-refractivity contribution >= 4 is 16.8 Å². The second-order valence-corrected chi connectivity index (χ2v) is 5.78. The number of carbonyl (C=O) groups is 1. The van der Waals surface area contributed by atoms with Crippen LogP contribution < -0.4 is 5.32 Å². The molecule has 108 valence electrons. The summed E-state index contributed by atoms with van der Waals surface area (Å²) in [6.07, 6.45) is 2.80. The summed E-state index contributed by atoms with van der Waals surface area (Å²) < 4.78 is 1.91. The highest BCUT2D eigenvalue weighted by molar-refractivity contribution is 5.84. The summed E-state index contributed by atoms with van der Waals surface area (Å²) in [6, 6.07) is 7.76. The summed E-state index contributed by atoms with van der Waals surface area (Å²) in [5, 5.41) is 13.3. The molecule has 0 saturated heterocycles. The van der Waals surface area contributed by atoms with Gasteiger partial charge in [-0.2, -0.15) is 0 Å². The predicted octanol–water partition coefficient (Wildman–Crippen LogP) is 2.44. The van der Waals surface area contributed by atoms with Crippen molar-refractivity contribution in [1.29, 1.82) is 0 Å². The quantitative estimate of drug-likeness (QED) is 0.880. The first kappa shape index (κ1) is 14.6. The third-order valence-corrected chi connectivity index (χ3v) is 3.70. The number of fused-ring (bicyclic) bond motifs is 1. The van der Waals surface area contributed by atoms with Crippen LogP contribution in [0.15, 0.2) is 30.5 Å². The van der Waals surface area contributed by atoms with Crippen molar-refractivity contribution < 1.29 is 9.90 Å². The van der Waals surface area contributed by atoms with Gasteiger partial charge in [0.25, 0.3) is 0 Å². The van der Waals surface area contributed by atoms with Crippen LogP contribution in [0.3, 0.4) is 0 Å². The van der Waals surface area contributed by atoms with Crippen molar-refractivity contribution in [3.05, 3.63) is 36.0 Å². The lowest BCUT2D eigenvalue weighted by atomic mass is 10.0. The lowest BCUT2D eigenvalue weighted by Gasteiger charge is -2.24. The van der Waals surface area contributed by atoms with E-state index in [9.17, 15) is 9.90 Å². The molecule has 0 radical (unpaired) electrons. The molecule has 2 rings (SSSR count). The third kappa shape index (κ3) is 3.20. The monoisotopic (exact) mass is 274 g/mol. The van der Waals surface area contributed by atoms with Crippen molar-refractivity contribution in [2.45, 2.75) is 45.9 Å². The molecule has 1 heterocycles. The highest BCUT2D eigenvalue weighted by Crippen LogP contribution is 2.18. The van der Waals surface area contributed by atoms with Gasteiger partial charge in [0.2, 0.25) is 5.91 Å². The van der Waals surface area contributed by atoms with Gasteiger partial charge in [0.05, 0.1) is 6.61 Å². The van der Waals surface area contributed by atoms with Gasteiger partial charge in [0, 0.05) is 17.3 Å². The molecule has 20 heavy (non-hydrogen) atoms. The molecule has 0 saturated carbocycles. The van der Waals surface area contributed by atoms with Crippen molar-refractivity contribution in [3.8, 4) is 0 Å². The standard InChI is InChI=1S/C16H22N2O2/c1-4-16(2,3)17-15(20)10-18-8-7-13-6-5-12(11-19)9-14(13)18/h5-9,19H,4,10-11H2,1-3H3,(H,17,20). The molecule has 0 aliphatic rings. The molecule has 1 amide bonds. The molecule has 1 aromatic heterocycles. The zero-order chi connectivity index (χ0) is 14.8. The van der Waals surface area contributed by atoms with E-state index in [1.807, 2.05) is 48.9 Å². The van der Waals surface area contributed by atoms with Crippen molar-refractivity contribution in [1.82, 2.24) is 9.88 Å². The van der Waals surface area contributed by atoms with Gasteiger partial charge in [-0.15, -0.1) is 0 Å². The number of nitrogens with zero attached hydrogens (tertiary/aromatic N) is 1. The van der Waals surface area contributed by atoms with Crippen LogP contribution in [0.4, 0.5) is 0 Å². The molecule has 0 bridgehead atoms. The Bertz CT molecular complexity index is 614. The third-order valence-electron chi connectivity index (χ3n) is 3.70. The highest BCUT2D eigenvalue weighted by Gasteiger charge is 2.18. The van der Waals surface area contributed by atoms with Gasteiger partial charge in [0.1, 0.15) is 6.54 Å². The van der Waals surface area contributed by atoms with E-state index in [1.165, 1.54) is 0 Å². The van der Waals surface area contributed by atoms with E-state index < -0.39 is 0 Å². The molecule has 4 heteroatoms. The fourth-order valence-electron chi connectivity index (χ4n) is 2.13. The van der Waals surface area contributed by atoms with Gasteiger partial charge >= 0.3 is 0 Å². The molecule has 0 unspecified atom stereocenters. The number of hydrogen-bond acceptors (Lipinski definition) is 2. The normalized spacial score (nSPS) is 11.8. The maximum absolute atomic E-state index is 12.1. The second-order valence-electron chi connectivity index (χ2n) is 5.78. The maximum atomic E-state index is 12.1. The molecule has 4 nitrogen and oxygen atoms in total. The number of rotatable bonds is 5. The van der Waals surface area contributed by atoms with Crippen LogP contribution in [0.2, 0.25) is 0 Å². The molecular formula is C16H22N2O2. The Morgan fingerprint density at radius 1 is 1.35 bits per heavy atom. The van der Waals surface area contributed by atoms with E-state index in [-0.39, 0.29) is 18.1 Å². The van der Waals surface area contributed by atoms with E-state index >= 15 is 0 Å². The highest BCUT2D eigenvalue weighted by atomic mass is 16.3. The Morgan fingerprint density at radius 2 is 2.10 bits per heavy atom. The van der Waals surface area contributed by atoms with Gasteiger partial charge in [-0.05, 0) is 43.4 Å². The summed E-state index contributed by atoms with van der Waals surface area (Å²) in [5.74, 6) is 0.00347. The van der Waals surface area contributed by atoms with Gasteiger partial charge < -0.3 is 15.0 Å². The Balaban J connectivity index is 2.19. The van der Waals surface area contributed by atoms with E-state index in [1.54, 1.807) is 0 Å². The molecule has 2 N–H and O–H groups in total. The Labute approximate surface area is 119 Å². The average molecular weight is 274 g/mol. The topological polar surface area (TPSA) is 54.3 Å². The number of amides is 1. The minimum Gasteiger partial charge on any atom is -0.392 e. The SMILES string of the molecule is CCC(C)(C)NC(=O)Cn1ccc2ccc(CO)cc21. The molecular weight excluding hydrogens is 252 g/mol. The molecule has 2 aromatic rings. The van der Waals surface area contributed by atoms with Crippen LogP contribution in [-0.4, -0.2) is 21.1 Å². The summed E-state index contributed by atoms with van der Waals surface area (Å²) in [4.78, 5) is 12.1. The minimum atomic E-state index is -0.184. The number of aliphatic hydroxyl groups is 1. The van der Waals surface area contributed by atoms with Crippen molar-refractivity contribution in [2.75, 3.05) is 0 Å². The summed E-state index contributed by atoms with van der Waals surface area (Å²) in [5.41, 5.74) is 1.64. The summed E-state index contributed by atoms with van der Waals surface area (Å²) >= 11 is 0. The van der Waals surface area contributed by atoms with Crippen molar-refractivity contribution in [3.63, 3.8) is 0 Å². The predicted molar refractivity (Wildman–Crippen MR) is 80.4 cm³/mol. The van der Waals surface area contributed by atoms with Crippen molar-refractivity contribution in [2.24, 2.45) is 0 Å². The average Bonchev–Trinajstić information content (AvgIpc) is 2.80. The Morgan fingerprint density at radius 3 is 2.75 bits per heavy atom. The number of nitrogens with one attached hydrogen (secondary N) is 1. The van der Waals surface area contributed by atoms with Crippen LogP contribution in [0.1, 0.15) is 32.8 Å². The number of carbonyl (C=O) groups excluding carboxylic acids is 1. The van der Waals surface area contributed by atoms with Crippen LogP contribution in [-0.2, 0) is 17.9 Å². The molecule has 0 aliphatic carbocycles. The lowest BCUT2D eigenvalue weighted by Crippen LogP contribution is -2.44. The first-order valence-electron chi connectivity index (χ1n) is 6.95. The van der Waals surface area contributed by atoms with Gasteiger partial charge in [0.15, 0.2) is 0 Å². The van der Waals surface area contributed by atoms with E-state index in [0.29, 0.717) is 6.54 Å². The number of benzene rings is 1. The zero-order valence-electron chi connectivity index (χ0n) is 12.3. The smallest absolute Gasteiger partial charge is 0.240 e. The van der Waals surface area contributed by atoms with Gasteiger partial charge in [-0.1, -0.05) is 19.1 Å². The van der Waals surface area contributed by atoms with E-state index in [2.05, 4.69) is 12.2 Å². The number of hydrogen-bond donors (Lipinski definition) is 2. The van der Waals surface area contributed by atoms with E-state index in [0.717, 1.165) is 22.9 Å². The van der Waals surface area contributed by atoms with E-state index in [4.69, 9.17) is 0 Å². The number of aromatic nitrogens is 1. The summed E-state index contributed by atoms with van der Waals surface area (Å²) in [6.45, 7) is 6.39. The minimum absolute atomic E-state index is 0.00347. The van der Waals surface area contributed by atoms with Crippen LogP contribution in [0.25, 0.3) is 10.9 Å². The first-order chi connectivity index (χ1) is 9.45. The Hall–Kier alpha value is -1.81. The van der Waals surface area contributed by atoms with Gasteiger partial charge in [-0.25, -0.2) is 0 Å². The molecule has 1 aromatic carbocycles. The number of aliphatic hydroxyl groups excluding tert-OH is 1. The van der Waals surface area contributed by atoms with Crippen LogP contribution >= 0.6 is 0 Å². The van der Waals surface area contributed by atoms with Crippen LogP contribution in [0.5, 0.6) is 0 Å².